The Morgan fingerprint density at radius 3 is 2.00 bits per heavy atom. The highest BCUT2D eigenvalue weighted by atomic mass is 35.5. The summed E-state index contributed by atoms with van der Waals surface area (Å²) in [4.78, 5) is 0. The average Bonchev–Trinajstić information content (AvgIpc) is 1.61. The van der Waals surface area contributed by atoms with Crippen molar-refractivity contribution < 1.29 is 0 Å². The minimum Gasteiger partial charge on any atom is -0.328 e. The summed E-state index contributed by atoms with van der Waals surface area (Å²) in [7, 11) is 0. The van der Waals surface area contributed by atoms with E-state index in [9.17, 15) is 0 Å². The molecule has 0 saturated heterocycles. The largest absolute Gasteiger partial charge is 0.328 e. The molecule has 0 bridgehead atoms. The Morgan fingerprint density at radius 2 is 1.88 bits per heavy atom. The molecule has 0 heterocycles. The van der Waals surface area contributed by atoms with Crippen LogP contribution >= 0.6 is 11.6 Å². The molecule has 0 rings (SSSR count). The topological polar surface area (TPSA) is 26.0 Å². The fraction of sp³-hybridized carbons (Fsp3) is 1.00. The fourth-order valence-electron chi connectivity index (χ4n) is 0.493. The monoisotopic (exact) mass is 135 g/mol. The van der Waals surface area contributed by atoms with Crippen molar-refractivity contribution in [1.82, 2.24) is 0 Å². The van der Waals surface area contributed by atoms with E-state index < -0.39 is 0 Å². The highest BCUT2D eigenvalue weighted by Crippen LogP contribution is 2.04. The quantitative estimate of drug-likeness (QED) is 0.587. The zero-order valence-corrected chi connectivity index (χ0v) is 6.28. The van der Waals surface area contributed by atoms with E-state index in [1.165, 1.54) is 0 Å². The number of rotatable bonds is 3. The molecular formula is C6H14ClN. The maximum absolute atomic E-state index is 5.67. The van der Waals surface area contributed by atoms with Crippen molar-refractivity contribution in [3.8, 4) is 0 Å². The number of alkyl halides is 1. The number of halogens is 1. The molecule has 0 aromatic carbocycles. The van der Waals surface area contributed by atoms with Gasteiger partial charge in [0.25, 0.3) is 0 Å². The molecule has 2 heteroatoms. The molecule has 0 saturated carbocycles. The van der Waals surface area contributed by atoms with Gasteiger partial charge in [-0.25, -0.2) is 0 Å². The first-order chi connectivity index (χ1) is 3.63. The number of nitrogens with two attached hydrogens (primary N) is 1. The van der Waals surface area contributed by atoms with Crippen LogP contribution in [0.1, 0.15) is 26.7 Å². The predicted octanol–water partition coefficient (Wildman–Crippen LogP) is 1.74. The first kappa shape index (κ1) is 8.25. The normalized spacial score (nSPS) is 18.0. The van der Waals surface area contributed by atoms with E-state index in [1.54, 1.807) is 0 Å². The zero-order chi connectivity index (χ0) is 6.57. The van der Waals surface area contributed by atoms with Gasteiger partial charge in [0.1, 0.15) is 0 Å². The van der Waals surface area contributed by atoms with E-state index in [0.717, 1.165) is 12.8 Å². The molecule has 2 unspecified atom stereocenters. The molecule has 2 atom stereocenters. The molecule has 1 nitrogen and oxygen atoms in total. The van der Waals surface area contributed by atoms with Crippen LogP contribution in [0.2, 0.25) is 0 Å². The summed E-state index contributed by atoms with van der Waals surface area (Å²) < 4.78 is 0. The molecule has 2 N–H and O–H groups in total. The molecule has 8 heavy (non-hydrogen) atoms. The highest BCUT2D eigenvalue weighted by molar-refractivity contribution is 6.20. The van der Waals surface area contributed by atoms with Gasteiger partial charge in [-0.2, -0.15) is 0 Å². The fourth-order valence-corrected chi connectivity index (χ4v) is 0.619. The smallest absolute Gasteiger partial charge is 0.0308 e. The van der Waals surface area contributed by atoms with Crippen molar-refractivity contribution >= 4 is 11.6 Å². The van der Waals surface area contributed by atoms with E-state index in [2.05, 4.69) is 0 Å². The lowest BCUT2D eigenvalue weighted by Gasteiger charge is -2.04. The summed E-state index contributed by atoms with van der Waals surface area (Å²) in [6.45, 7) is 3.99. The van der Waals surface area contributed by atoms with Crippen LogP contribution in [-0.4, -0.2) is 11.4 Å². The summed E-state index contributed by atoms with van der Waals surface area (Å²) in [5.74, 6) is 0. The first-order valence-electron chi connectivity index (χ1n) is 3.02. The van der Waals surface area contributed by atoms with Crippen molar-refractivity contribution in [2.75, 3.05) is 0 Å². The van der Waals surface area contributed by atoms with Gasteiger partial charge in [0, 0.05) is 11.4 Å². The molecule has 50 valence electrons. The molecule has 0 fully saturated rings. The Morgan fingerprint density at radius 1 is 1.38 bits per heavy atom. The average molecular weight is 136 g/mol. The molecule has 0 aromatic heterocycles. The Hall–Kier alpha value is 0.250. The predicted molar refractivity (Wildman–Crippen MR) is 38.2 cm³/mol. The van der Waals surface area contributed by atoms with Crippen molar-refractivity contribution in [3.05, 3.63) is 0 Å². The second-order valence-electron chi connectivity index (χ2n) is 2.34. The van der Waals surface area contributed by atoms with Crippen LogP contribution in [0.5, 0.6) is 0 Å². The summed E-state index contributed by atoms with van der Waals surface area (Å²) in [6, 6.07) is 0.302. The molecule has 0 amide bonds. The van der Waals surface area contributed by atoms with E-state index >= 15 is 0 Å². The summed E-state index contributed by atoms with van der Waals surface area (Å²) in [5.41, 5.74) is 5.48. The van der Waals surface area contributed by atoms with E-state index in [0.29, 0.717) is 6.04 Å². The van der Waals surface area contributed by atoms with Gasteiger partial charge in [-0.3, -0.25) is 0 Å². The van der Waals surface area contributed by atoms with Gasteiger partial charge in [0.2, 0.25) is 0 Å². The van der Waals surface area contributed by atoms with Crippen molar-refractivity contribution in [1.29, 1.82) is 0 Å². The van der Waals surface area contributed by atoms with Crippen LogP contribution in [0.15, 0.2) is 0 Å². The maximum atomic E-state index is 5.67. The van der Waals surface area contributed by atoms with Gasteiger partial charge in [-0.15, -0.1) is 11.6 Å². The van der Waals surface area contributed by atoms with Crippen LogP contribution in [0.4, 0.5) is 0 Å². The first-order valence-corrected chi connectivity index (χ1v) is 3.46. The van der Waals surface area contributed by atoms with Crippen LogP contribution in [-0.2, 0) is 0 Å². The van der Waals surface area contributed by atoms with E-state index in [4.69, 9.17) is 17.3 Å². The molecule has 0 aliphatic rings. The minimum absolute atomic E-state index is 0.279. The van der Waals surface area contributed by atoms with Crippen LogP contribution in [0.25, 0.3) is 0 Å². The highest BCUT2D eigenvalue weighted by Gasteiger charge is 1.97. The minimum atomic E-state index is 0.279. The van der Waals surface area contributed by atoms with Crippen molar-refractivity contribution in [2.24, 2.45) is 5.73 Å². The zero-order valence-electron chi connectivity index (χ0n) is 5.52. The lowest BCUT2D eigenvalue weighted by atomic mass is 10.2. The summed E-state index contributed by atoms with van der Waals surface area (Å²) in [6.07, 6.45) is 2.06. The van der Waals surface area contributed by atoms with Gasteiger partial charge < -0.3 is 5.73 Å². The van der Waals surface area contributed by atoms with Gasteiger partial charge >= 0.3 is 0 Å². The Bertz CT molecular complexity index is 44.5. The van der Waals surface area contributed by atoms with Gasteiger partial charge in [-0.05, 0) is 26.7 Å². The van der Waals surface area contributed by atoms with Crippen LogP contribution < -0.4 is 5.73 Å². The lowest BCUT2D eigenvalue weighted by Crippen LogP contribution is -2.15. The molecular weight excluding hydrogens is 122 g/mol. The van der Waals surface area contributed by atoms with Crippen molar-refractivity contribution in [3.63, 3.8) is 0 Å². The van der Waals surface area contributed by atoms with Gasteiger partial charge in [0.05, 0.1) is 0 Å². The third-order valence-electron chi connectivity index (χ3n) is 1.02. The van der Waals surface area contributed by atoms with Crippen LogP contribution in [0, 0.1) is 0 Å². The molecule has 0 aliphatic heterocycles. The van der Waals surface area contributed by atoms with Crippen LogP contribution in [0.3, 0.4) is 0 Å². The standard InChI is InChI=1S/C6H14ClN/c1-5(7)3-4-6(2)8/h5-6H,3-4,8H2,1-2H3. The summed E-state index contributed by atoms with van der Waals surface area (Å²) >= 11 is 5.67. The Balaban J connectivity index is 2.93. The summed E-state index contributed by atoms with van der Waals surface area (Å²) in [5, 5.41) is 0.279. The number of hydrogen-bond acceptors (Lipinski definition) is 1. The molecule has 0 spiro atoms. The second-order valence-corrected chi connectivity index (χ2v) is 3.08. The van der Waals surface area contributed by atoms with Crippen molar-refractivity contribution in [2.45, 2.75) is 38.1 Å². The second kappa shape index (κ2) is 4.16. The molecule has 0 radical (unpaired) electrons. The van der Waals surface area contributed by atoms with Gasteiger partial charge in [-0.1, -0.05) is 0 Å². The maximum Gasteiger partial charge on any atom is 0.0308 e. The number of hydrogen-bond donors (Lipinski definition) is 1. The SMILES string of the molecule is CC(N)CCC(C)Cl. The van der Waals surface area contributed by atoms with Gasteiger partial charge in [0.15, 0.2) is 0 Å². The molecule has 0 aromatic rings. The van der Waals surface area contributed by atoms with E-state index in [1.807, 2.05) is 13.8 Å². The Kier molecular flexibility index (Phi) is 4.29. The Labute approximate surface area is 56.2 Å². The van der Waals surface area contributed by atoms with E-state index in [-0.39, 0.29) is 5.38 Å². The third-order valence-corrected chi connectivity index (χ3v) is 1.24. The molecule has 0 aliphatic carbocycles. The lowest BCUT2D eigenvalue weighted by molar-refractivity contribution is 0.619. The third kappa shape index (κ3) is 6.25.